The van der Waals surface area contributed by atoms with Crippen LogP contribution in [-0.4, -0.2) is 74.7 Å². The van der Waals surface area contributed by atoms with E-state index in [9.17, 15) is 0 Å². The molecule has 0 aromatic carbocycles. The molecular weight excluding hydrogens is 437 g/mol. The SMILES string of the molecule is CCNC(=NCCCCCCCN(C)C)NC1CCN(C(C)C)CC1.I. The minimum atomic E-state index is 0. The third kappa shape index (κ3) is 12.3. The molecule has 6 heteroatoms. The van der Waals surface area contributed by atoms with Gasteiger partial charge in [-0.3, -0.25) is 4.99 Å². The maximum Gasteiger partial charge on any atom is 0.191 e. The number of piperidine rings is 1. The lowest BCUT2D eigenvalue weighted by molar-refractivity contribution is 0.167. The molecule has 0 unspecified atom stereocenters. The minimum absolute atomic E-state index is 0. The molecule has 1 aliphatic rings. The molecule has 156 valence electrons. The van der Waals surface area contributed by atoms with Crippen molar-refractivity contribution in [1.29, 1.82) is 0 Å². The van der Waals surface area contributed by atoms with Gasteiger partial charge in [-0.05, 0) is 67.1 Å². The van der Waals surface area contributed by atoms with E-state index in [0.717, 1.165) is 19.0 Å². The summed E-state index contributed by atoms with van der Waals surface area (Å²) < 4.78 is 0. The largest absolute Gasteiger partial charge is 0.357 e. The molecule has 1 fully saturated rings. The van der Waals surface area contributed by atoms with E-state index in [-0.39, 0.29) is 24.0 Å². The third-order valence-corrected chi connectivity index (χ3v) is 4.98. The van der Waals surface area contributed by atoms with Crippen LogP contribution in [0.25, 0.3) is 0 Å². The number of likely N-dealkylation sites (tertiary alicyclic amines) is 1. The maximum atomic E-state index is 4.78. The van der Waals surface area contributed by atoms with Gasteiger partial charge in [0.15, 0.2) is 5.96 Å². The number of hydrogen-bond donors (Lipinski definition) is 2. The monoisotopic (exact) mass is 481 g/mol. The Kier molecular flexibility index (Phi) is 15.9. The molecule has 1 rings (SSSR count). The van der Waals surface area contributed by atoms with Crippen molar-refractivity contribution in [3.05, 3.63) is 0 Å². The second kappa shape index (κ2) is 15.9. The van der Waals surface area contributed by atoms with Crippen LogP contribution in [0.4, 0.5) is 0 Å². The van der Waals surface area contributed by atoms with Gasteiger partial charge in [0.05, 0.1) is 0 Å². The van der Waals surface area contributed by atoms with Gasteiger partial charge in [-0.25, -0.2) is 0 Å². The molecule has 0 aliphatic carbocycles. The van der Waals surface area contributed by atoms with E-state index in [1.54, 1.807) is 0 Å². The van der Waals surface area contributed by atoms with Crippen LogP contribution in [0, 0.1) is 0 Å². The van der Waals surface area contributed by atoms with Crippen molar-refractivity contribution in [2.45, 2.75) is 77.8 Å². The first-order valence-corrected chi connectivity index (χ1v) is 10.5. The summed E-state index contributed by atoms with van der Waals surface area (Å²) in [6, 6.07) is 1.24. The van der Waals surface area contributed by atoms with Gasteiger partial charge in [-0.1, -0.05) is 19.3 Å². The molecule has 2 N–H and O–H groups in total. The molecular formula is C20H44IN5. The van der Waals surface area contributed by atoms with Crippen LogP contribution in [0.3, 0.4) is 0 Å². The van der Waals surface area contributed by atoms with Gasteiger partial charge in [0.1, 0.15) is 0 Å². The molecule has 1 aliphatic heterocycles. The van der Waals surface area contributed by atoms with Gasteiger partial charge in [-0.2, -0.15) is 0 Å². The first-order valence-electron chi connectivity index (χ1n) is 10.5. The number of rotatable bonds is 11. The fourth-order valence-electron chi connectivity index (χ4n) is 3.33. The van der Waals surface area contributed by atoms with Crippen LogP contribution >= 0.6 is 24.0 Å². The van der Waals surface area contributed by atoms with E-state index in [1.165, 1.54) is 64.6 Å². The van der Waals surface area contributed by atoms with Crippen molar-refractivity contribution in [3.63, 3.8) is 0 Å². The Labute approximate surface area is 179 Å². The molecule has 0 saturated carbocycles. The fourth-order valence-corrected chi connectivity index (χ4v) is 3.33. The highest BCUT2D eigenvalue weighted by Crippen LogP contribution is 2.12. The zero-order valence-corrected chi connectivity index (χ0v) is 20.2. The maximum absolute atomic E-state index is 4.78. The number of halogens is 1. The molecule has 0 bridgehead atoms. The Morgan fingerprint density at radius 2 is 1.69 bits per heavy atom. The summed E-state index contributed by atoms with van der Waals surface area (Å²) >= 11 is 0. The van der Waals surface area contributed by atoms with E-state index in [1.807, 2.05) is 0 Å². The predicted molar refractivity (Wildman–Crippen MR) is 126 cm³/mol. The summed E-state index contributed by atoms with van der Waals surface area (Å²) in [5.74, 6) is 1.01. The predicted octanol–water partition coefficient (Wildman–Crippen LogP) is 3.54. The summed E-state index contributed by atoms with van der Waals surface area (Å²) in [7, 11) is 4.30. The highest BCUT2D eigenvalue weighted by atomic mass is 127. The number of hydrogen-bond acceptors (Lipinski definition) is 3. The van der Waals surface area contributed by atoms with Crippen molar-refractivity contribution < 1.29 is 0 Å². The summed E-state index contributed by atoms with van der Waals surface area (Å²) in [6.45, 7) is 12.2. The first-order chi connectivity index (χ1) is 12.0. The molecule has 0 amide bonds. The van der Waals surface area contributed by atoms with E-state index in [4.69, 9.17) is 4.99 Å². The van der Waals surface area contributed by atoms with E-state index in [0.29, 0.717) is 12.1 Å². The van der Waals surface area contributed by atoms with Crippen molar-refractivity contribution >= 4 is 29.9 Å². The quantitative estimate of drug-likeness (QED) is 0.205. The lowest BCUT2D eigenvalue weighted by Gasteiger charge is -2.35. The second-order valence-corrected chi connectivity index (χ2v) is 7.88. The first kappa shape index (κ1) is 25.9. The van der Waals surface area contributed by atoms with Gasteiger partial charge in [-0.15, -0.1) is 24.0 Å². The van der Waals surface area contributed by atoms with Gasteiger partial charge in [0.25, 0.3) is 0 Å². The minimum Gasteiger partial charge on any atom is -0.357 e. The molecule has 1 saturated heterocycles. The smallest absolute Gasteiger partial charge is 0.191 e. The average molecular weight is 482 g/mol. The van der Waals surface area contributed by atoms with Crippen LogP contribution in [0.15, 0.2) is 4.99 Å². The van der Waals surface area contributed by atoms with Crippen molar-refractivity contribution in [2.24, 2.45) is 4.99 Å². The van der Waals surface area contributed by atoms with Crippen LogP contribution < -0.4 is 10.6 Å². The zero-order chi connectivity index (χ0) is 18.5. The molecule has 26 heavy (non-hydrogen) atoms. The van der Waals surface area contributed by atoms with E-state index in [2.05, 4.69) is 55.3 Å². The van der Waals surface area contributed by atoms with E-state index < -0.39 is 0 Å². The molecule has 1 heterocycles. The highest BCUT2D eigenvalue weighted by molar-refractivity contribution is 14.0. The summed E-state index contributed by atoms with van der Waals surface area (Å²) in [5, 5.41) is 7.05. The van der Waals surface area contributed by atoms with Gasteiger partial charge in [0, 0.05) is 38.3 Å². The van der Waals surface area contributed by atoms with Gasteiger partial charge in [0.2, 0.25) is 0 Å². The van der Waals surface area contributed by atoms with E-state index >= 15 is 0 Å². The molecule has 0 spiro atoms. The van der Waals surface area contributed by atoms with Crippen molar-refractivity contribution in [3.8, 4) is 0 Å². The number of aliphatic imine (C=N–C) groups is 1. The third-order valence-electron chi connectivity index (χ3n) is 4.98. The normalized spacial score (nSPS) is 16.8. The molecule has 5 nitrogen and oxygen atoms in total. The van der Waals surface area contributed by atoms with Crippen LogP contribution in [0.2, 0.25) is 0 Å². The Morgan fingerprint density at radius 3 is 2.27 bits per heavy atom. The standard InChI is InChI=1S/C20H43N5.HI/c1-6-21-20(22-14-10-8-7-9-11-15-24(4)5)23-19-12-16-25(17-13-19)18(2)3;/h18-19H,6-17H2,1-5H3,(H2,21,22,23);1H. The van der Waals surface area contributed by atoms with Crippen molar-refractivity contribution in [2.75, 3.05) is 46.8 Å². The number of nitrogens with one attached hydrogen (secondary N) is 2. The fraction of sp³-hybridized carbons (Fsp3) is 0.950. The topological polar surface area (TPSA) is 42.9 Å². The summed E-state index contributed by atoms with van der Waals surface area (Å²) in [4.78, 5) is 9.62. The lowest BCUT2D eigenvalue weighted by Crippen LogP contribution is -2.49. The zero-order valence-electron chi connectivity index (χ0n) is 17.9. The van der Waals surface area contributed by atoms with Gasteiger partial charge >= 0.3 is 0 Å². The Bertz CT molecular complexity index is 352. The van der Waals surface area contributed by atoms with Crippen molar-refractivity contribution in [1.82, 2.24) is 20.4 Å². The molecule has 0 atom stereocenters. The second-order valence-electron chi connectivity index (χ2n) is 7.88. The molecule has 0 aromatic rings. The van der Waals surface area contributed by atoms with Crippen LogP contribution in [-0.2, 0) is 0 Å². The number of guanidine groups is 1. The van der Waals surface area contributed by atoms with Crippen LogP contribution in [0.5, 0.6) is 0 Å². The van der Waals surface area contributed by atoms with Gasteiger partial charge < -0.3 is 20.4 Å². The number of unbranched alkanes of at least 4 members (excludes halogenated alkanes) is 4. The average Bonchev–Trinajstić information content (AvgIpc) is 2.57. The Morgan fingerprint density at radius 1 is 1.08 bits per heavy atom. The van der Waals surface area contributed by atoms with Crippen LogP contribution in [0.1, 0.15) is 65.7 Å². The molecule has 0 aromatic heterocycles. The summed E-state index contributed by atoms with van der Waals surface area (Å²) in [6.07, 6.45) is 8.92. The molecule has 0 radical (unpaired) electrons. The number of nitrogens with zero attached hydrogens (tertiary/aromatic N) is 3. The summed E-state index contributed by atoms with van der Waals surface area (Å²) in [5.41, 5.74) is 0. The highest BCUT2D eigenvalue weighted by Gasteiger charge is 2.21. The Hall–Kier alpha value is -0.0800. The lowest BCUT2D eigenvalue weighted by atomic mass is 10.0. The Balaban J connectivity index is 0.00000625.